The zero-order chi connectivity index (χ0) is 27.6. The van der Waals surface area contributed by atoms with Gasteiger partial charge in [-0.2, -0.15) is 0 Å². The minimum atomic E-state index is -0.202. The Morgan fingerprint density at radius 2 is 1.49 bits per heavy atom. The molecule has 4 nitrogen and oxygen atoms in total. The third-order valence-corrected chi connectivity index (χ3v) is 8.64. The van der Waals surface area contributed by atoms with Crippen LogP contribution in [0.2, 0.25) is 0 Å². The molecule has 1 aromatic rings. The molecule has 1 heterocycles. The standard InChI is InChI=1S/C33H57NO3/c1-23(2)13-9-14-24(3)15-10-16-25(4)17-11-20-33(8)21-19-29-28(7)31(36-30(35)18-12-22-34)26(5)27(6)32(29)37-33/h23-25H,9-22,34H2,1-8H3/t24-,25-,33-/m1/s1. The number of carbonyl (C=O) groups is 1. The van der Waals surface area contributed by atoms with E-state index in [1.165, 1.54) is 56.9 Å². The molecule has 0 fully saturated rings. The molecule has 0 bridgehead atoms. The van der Waals surface area contributed by atoms with E-state index in [9.17, 15) is 4.79 Å². The highest BCUT2D eigenvalue weighted by atomic mass is 16.5. The molecular weight excluding hydrogens is 458 g/mol. The van der Waals surface area contributed by atoms with Crippen molar-refractivity contribution in [3.63, 3.8) is 0 Å². The number of carbonyl (C=O) groups excluding carboxylic acids is 1. The average Bonchev–Trinajstić information content (AvgIpc) is 2.83. The van der Waals surface area contributed by atoms with Gasteiger partial charge >= 0.3 is 5.97 Å². The first-order valence-corrected chi connectivity index (χ1v) is 15.2. The maximum atomic E-state index is 12.3. The molecule has 0 saturated carbocycles. The molecule has 0 aromatic heterocycles. The van der Waals surface area contributed by atoms with Crippen LogP contribution in [-0.2, 0) is 11.2 Å². The van der Waals surface area contributed by atoms with Crippen molar-refractivity contribution >= 4 is 5.97 Å². The average molecular weight is 516 g/mol. The van der Waals surface area contributed by atoms with Crippen LogP contribution in [0.15, 0.2) is 0 Å². The van der Waals surface area contributed by atoms with Crippen LogP contribution in [0, 0.1) is 38.5 Å². The second-order valence-corrected chi connectivity index (χ2v) is 12.8. The first kappa shape index (κ1) is 31.7. The topological polar surface area (TPSA) is 61.5 Å². The van der Waals surface area contributed by atoms with Crippen LogP contribution < -0.4 is 15.2 Å². The van der Waals surface area contributed by atoms with Crippen LogP contribution in [-0.4, -0.2) is 18.1 Å². The van der Waals surface area contributed by atoms with E-state index in [2.05, 4.69) is 48.5 Å². The van der Waals surface area contributed by atoms with E-state index in [-0.39, 0.29) is 11.6 Å². The molecule has 0 amide bonds. The van der Waals surface area contributed by atoms with Gasteiger partial charge < -0.3 is 15.2 Å². The first-order valence-electron chi connectivity index (χ1n) is 15.2. The number of nitrogens with two attached hydrogens (primary N) is 1. The van der Waals surface area contributed by atoms with Crippen molar-refractivity contribution in [3.8, 4) is 11.5 Å². The summed E-state index contributed by atoms with van der Waals surface area (Å²) in [7, 11) is 0. The maximum Gasteiger partial charge on any atom is 0.311 e. The second kappa shape index (κ2) is 15.1. The lowest BCUT2D eigenvalue weighted by Gasteiger charge is -2.38. The first-order chi connectivity index (χ1) is 17.5. The maximum absolute atomic E-state index is 12.3. The molecule has 212 valence electrons. The summed E-state index contributed by atoms with van der Waals surface area (Å²) in [6.45, 7) is 18.5. The van der Waals surface area contributed by atoms with Gasteiger partial charge in [-0.15, -0.1) is 0 Å². The van der Waals surface area contributed by atoms with E-state index in [0.29, 0.717) is 25.1 Å². The molecule has 0 aliphatic carbocycles. The Kier molecular flexibility index (Phi) is 13.0. The fourth-order valence-electron chi connectivity index (χ4n) is 5.82. The number of hydrogen-bond acceptors (Lipinski definition) is 4. The van der Waals surface area contributed by atoms with Crippen LogP contribution in [0.5, 0.6) is 11.5 Å². The van der Waals surface area contributed by atoms with E-state index in [1.807, 2.05) is 6.92 Å². The predicted molar refractivity (Wildman–Crippen MR) is 157 cm³/mol. The van der Waals surface area contributed by atoms with Gasteiger partial charge in [0.05, 0.1) is 0 Å². The molecule has 0 unspecified atom stereocenters. The monoisotopic (exact) mass is 515 g/mol. The number of rotatable bonds is 16. The molecule has 1 aliphatic rings. The summed E-state index contributed by atoms with van der Waals surface area (Å²) in [4.78, 5) is 12.3. The largest absolute Gasteiger partial charge is 0.487 e. The number of fused-ring (bicyclic) bond motifs is 1. The third kappa shape index (κ3) is 9.93. The van der Waals surface area contributed by atoms with Gasteiger partial charge in [-0.05, 0) is 101 Å². The van der Waals surface area contributed by atoms with Crippen molar-refractivity contribution in [3.05, 3.63) is 22.3 Å². The molecule has 2 rings (SSSR count). The summed E-state index contributed by atoms with van der Waals surface area (Å²) in [5, 5.41) is 0. The fourth-order valence-corrected chi connectivity index (χ4v) is 5.82. The lowest BCUT2D eigenvalue weighted by molar-refractivity contribution is -0.134. The highest BCUT2D eigenvalue weighted by molar-refractivity contribution is 5.74. The summed E-state index contributed by atoms with van der Waals surface area (Å²) in [6.07, 6.45) is 14.8. The number of hydrogen-bond donors (Lipinski definition) is 1. The van der Waals surface area contributed by atoms with Crippen LogP contribution in [0.4, 0.5) is 0 Å². The summed E-state index contributed by atoms with van der Waals surface area (Å²) in [5.41, 5.74) is 9.79. The Morgan fingerprint density at radius 1 is 0.892 bits per heavy atom. The Labute approximate surface area is 228 Å². The SMILES string of the molecule is Cc1c(C)c2c(c(C)c1OC(=O)CCCN)CC[C@@](C)(CCC[C@H](C)CCC[C@H](C)CCCC(C)C)O2. The summed E-state index contributed by atoms with van der Waals surface area (Å²) < 4.78 is 12.5. The van der Waals surface area contributed by atoms with E-state index < -0.39 is 0 Å². The van der Waals surface area contributed by atoms with E-state index in [0.717, 1.165) is 59.5 Å². The molecule has 3 atom stereocenters. The lowest BCUT2D eigenvalue weighted by Crippen LogP contribution is -2.37. The van der Waals surface area contributed by atoms with Gasteiger partial charge in [0.25, 0.3) is 0 Å². The Hall–Kier alpha value is -1.55. The highest BCUT2D eigenvalue weighted by Gasteiger charge is 2.34. The molecule has 1 aromatic carbocycles. The Balaban J connectivity index is 1.85. The zero-order valence-corrected chi connectivity index (χ0v) is 25.4. The third-order valence-electron chi connectivity index (χ3n) is 8.64. The van der Waals surface area contributed by atoms with Crippen molar-refractivity contribution in [1.29, 1.82) is 0 Å². The van der Waals surface area contributed by atoms with Gasteiger partial charge in [-0.3, -0.25) is 4.79 Å². The molecule has 4 heteroatoms. The van der Waals surface area contributed by atoms with Gasteiger partial charge in [0.2, 0.25) is 0 Å². The van der Waals surface area contributed by atoms with Crippen LogP contribution in [0.3, 0.4) is 0 Å². The van der Waals surface area contributed by atoms with Crippen LogP contribution in [0.25, 0.3) is 0 Å². The van der Waals surface area contributed by atoms with Crippen LogP contribution in [0.1, 0.15) is 134 Å². The molecule has 1 aliphatic heterocycles. The zero-order valence-electron chi connectivity index (χ0n) is 25.4. The minimum absolute atomic E-state index is 0.124. The summed E-state index contributed by atoms with van der Waals surface area (Å²) in [5.74, 6) is 4.02. The Bertz CT molecular complexity index is 862. The Morgan fingerprint density at radius 3 is 2.08 bits per heavy atom. The van der Waals surface area contributed by atoms with Crippen molar-refractivity contribution < 1.29 is 14.3 Å². The normalized spacial score (nSPS) is 18.9. The van der Waals surface area contributed by atoms with Crippen LogP contribution >= 0.6 is 0 Å². The predicted octanol–water partition coefficient (Wildman–Crippen LogP) is 8.78. The number of benzene rings is 1. The minimum Gasteiger partial charge on any atom is -0.487 e. The van der Waals surface area contributed by atoms with Gasteiger partial charge in [0.15, 0.2) is 0 Å². The van der Waals surface area contributed by atoms with Crippen molar-refractivity contribution in [2.75, 3.05) is 6.54 Å². The smallest absolute Gasteiger partial charge is 0.311 e. The molecule has 0 radical (unpaired) electrons. The van der Waals surface area contributed by atoms with E-state index in [4.69, 9.17) is 15.2 Å². The second-order valence-electron chi connectivity index (χ2n) is 12.8. The molecule has 37 heavy (non-hydrogen) atoms. The van der Waals surface area contributed by atoms with Gasteiger partial charge in [-0.25, -0.2) is 0 Å². The van der Waals surface area contributed by atoms with Gasteiger partial charge in [0, 0.05) is 12.0 Å². The lowest BCUT2D eigenvalue weighted by atomic mass is 9.83. The van der Waals surface area contributed by atoms with Gasteiger partial charge in [-0.1, -0.05) is 72.6 Å². The number of ether oxygens (including phenoxy) is 2. The highest BCUT2D eigenvalue weighted by Crippen LogP contribution is 2.45. The molecule has 0 saturated heterocycles. The molecule has 2 N–H and O–H groups in total. The van der Waals surface area contributed by atoms with E-state index in [1.54, 1.807) is 0 Å². The number of esters is 1. The van der Waals surface area contributed by atoms with E-state index >= 15 is 0 Å². The molecular formula is C33H57NO3. The van der Waals surface area contributed by atoms with Gasteiger partial charge in [0.1, 0.15) is 17.1 Å². The summed E-state index contributed by atoms with van der Waals surface area (Å²) >= 11 is 0. The quantitative estimate of drug-likeness (QED) is 0.176. The molecule has 0 spiro atoms. The fraction of sp³-hybridized carbons (Fsp3) is 0.788. The van der Waals surface area contributed by atoms with Crippen molar-refractivity contribution in [2.24, 2.45) is 23.5 Å². The van der Waals surface area contributed by atoms with Crippen molar-refractivity contribution in [1.82, 2.24) is 0 Å². The summed E-state index contributed by atoms with van der Waals surface area (Å²) in [6, 6.07) is 0. The van der Waals surface area contributed by atoms with Crippen molar-refractivity contribution in [2.45, 2.75) is 144 Å².